The van der Waals surface area contributed by atoms with E-state index in [0.717, 1.165) is 16.7 Å². The van der Waals surface area contributed by atoms with E-state index in [1.807, 2.05) is 72.8 Å². The molecule has 5 aromatic rings. The zero-order valence-corrected chi connectivity index (χ0v) is 20.4. The van der Waals surface area contributed by atoms with Gasteiger partial charge in [-0.05, 0) is 35.4 Å². The number of hydrogen-bond acceptors (Lipinski definition) is 5. The zero-order valence-electron chi connectivity index (χ0n) is 20.4. The Labute approximate surface area is 215 Å². The Bertz CT molecular complexity index is 1470. The third-order valence-electron chi connectivity index (χ3n) is 5.81. The molecule has 0 saturated carbocycles. The quantitative estimate of drug-likeness (QED) is 0.281. The van der Waals surface area contributed by atoms with Crippen molar-refractivity contribution < 1.29 is 14.3 Å². The van der Waals surface area contributed by atoms with Crippen LogP contribution in [0.3, 0.4) is 0 Å². The Morgan fingerprint density at radius 1 is 0.865 bits per heavy atom. The summed E-state index contributed by atoms with van der Waals surface area (Å²) in [5.74, 6) is 0.844. The number of nitrogens with one attached hydrogen (secondary N) is 1. The maximum Gasteiger partial charge on any atom is 0.259 e. The molecule has 0 atom stereocenters. The van der Waals surface area contributed by atoms with E-state index >= 15 is 0 Å². The van der Waals surface area contributed by atoms with E-state index in [2.05, 4.69) is 10.3 Å². The van der Waals surface area contributed by atoms with Gasteiger partial charge in [-0.1, -0.05) is 60.7 Å². The maximum absolute atomic E-state index is 13.5. The standard InChI is InChI=1S/C30H26N4O3/c1-36-27-13-12-25(18-28(27)37-21-23-14-16-31-17-15-23)32-30(35)26-20-34(19-22-8-4-2-5-9-22)33-29(26)24-10-6-3-7-11-24/h2-18,20H,19,21H2,1H3,(H,32,35). The highest BCUT2D eigenvalue weighted by atomic mass is 16.5. The molecule has 1 N–H and O–H groups in total. The molecule has 0 bridgehead atoms. The molecule has 184 valence electrons. The van der Waals surface area contributed by atoms with Crippen LogP contribution in [-0.2, 0) is 13.2 Å². The molecule has 5 rings (SSSR count). The van der Waals surface area contributed by atoms with Gasteiger partial charge in [0.15, 0.2) is 11.5 Å². The third-order valence-corrected chi connectivity index (χ3v) is 5.81. The maximum atomic E-state index is 13.5. The molecule has 0 unspecified atom stereocenters. The first kappa shape index (κ1) is 23.8. The van der Waals surface area contributed by atoms with Crippen LogP contribution < -0.4 is 14.8 Å². The lowest BCUT2D eigenvalue weighted by Gasteiger charge is -2.13. The Morgan fingerprint density at radius 2 is 1.59 bits per heavy atom. The average molecular weight is 491 g/mol. The first-order valence-corrected chi connectivity index (χ1v) is 11.9. The molecule has 0 radical (unpaired) electrons. The first-order chi connectivity index (χ1) is 18.2. The van der Waals surface area contributed by atoms with Crippen molar-refractivity contribution in [1.82, 2.24) is 14.8 Å². The van der Waals surface area contributed by atoms with Crippen LogP contribution in [-0.4, -0.2) is 27.8 Å². The summed E-state index contributed by atoms with van der Waals surface area (Å²) in [5, 5.41) is 7.75. The Balaban J connectivity index is 1.40. The molecule has 0 aliphatic heterocycles. The number of methoxy groups -OCH3 is 1. The summed E-state index contributed by atoms with van der Waals surface area (Å²) in [4.78, 5) is 17.5. The minimum Gasteiger partial charge on any atom is -0.493 e. The minimum absolute atomic E-state index is 0.261. The number of carbonyl (C=O) groups excluding carboxylic acids is 1. The Kier molecular flexibility index (Phi) is 7.22. The van der Waals surface area contributed by atoms with E-state index in [9.17, 15) is 4.79 Å². The van der Waals surface area contributed by atoms with Crippen LogP contribution in [0.2, 0.25) is 0 Å². The van der Waals surface area contributed by atoms with Crippen LogP contribution in [0.1, 0.15) is 21.5 Å². The van der Waals surface area contributed by atoms with Crippen LogP contribution in [0, 0.1) is 0 Å². The van der Waals surface area contributed by atoms with Crippen molar-refractivity contribution >= 4 is 11.6 Å². The molecule has 0 aliphatic rings. The largest absolute Gasteiger partial charge is 0.493 e. The van der Waals surface area contributed by atoms with E-state index < -0.39 is 0 Å². The number of nitrogens with zero attached hydrogens (tertiary/aromatic N) is 3. The number of rotatable bonds is 9. The van der Waals surface area contributed by atoms with Crippen LogP contribution in [0.4, 0.5) is 5.69 Å². The molecule has 1 amide bonds. The second kappa shape index (κ2) is 11.2. The van der Waals surface area contributed by atoms with Crippen LogP contribution in [0.15, 0.2) is 110 Å². The smallest absolute Gasteiger partial charge is 0.259 e. The van der Waals surface area contributed by atoms with E-state index in [0.29, 0.717) is 41.6 Å². The molecular weight excluding hydrogens is 464 g/mol. The number of ether oxygens (including phenoxy) is 2. The number of hydrogen-bond donors (Lipinski definition) is 1. The average Bonchev–Trinajstić information content (AvgIpc) is 3.37. The molecule has 0 spiro atoms. The van der Waals surface area contributed by atoms with Crippen molar-refractivity contribution in [2.75, 3.05) is 12.4 Å². The van der Waals surface area contributed by atoms with Gasteiger partial charge in [-0.25, -0.2) is 0 Å². The van der Waals surface area contributed by atoms with Gasteiger partial charge in [-0.3, -0.25) is 14.5 Å². The second-order valence-corrected chi connectivity index (χ2v) is 8.40. The summed E-state index contributed by atoms with van der Waals surface area (Å²) < 4.78 is 13.2. The van der Waals surface area contributed by atoms with Gasteiger partial charge in [-0.2, -0.15) is 5.10 Å². The summed E-state index contributed by atoms with van der Waals surface area (Å²) in [6, 6.07) is 28.8. The van der Waals surface area contributed by atoms with E-state index in [1.54, 1.807) is 48.6 Å². The fraction of sp³-hybridized carbons (Fsp3) is 0.100. The monoisotopic (exact) mass is 490 g/mol. The van der Waals surface area contributed by atoms with Crippen molar-refractivity contribution in [3.8, 4) is 22.8 Å². The van der Waals surface area contributed by atoms with E-state index in [4.69, 9.17) is 14.6 Å². The number of benzene rings is 3. The van der Waals surface area contributed by atoms with Gasteiger partial charge in [0.05, 0.1) is 19.2 Å². The fourth-order valence-corrected chi connectivity index (χ4v) is 3.95. The van der Waals surface area contributed by atoms with Gasteiger partial charge < -0.3 is 14.8 Å². The highest BCUT2D eigenvalue weighted by Crippen LogP contribution is 2.32. The highest BCUT2D eigenvalue weighted by Gasteiger charge is 2.19. The molecule has 2 heterocycles. The lowest BCUT2D eigenvalue weighted by Crippen LogP contribution is -2.12. The van der Waals surface area contributed by atoms with Crippen LogP contribution in [0.5, 0.6) is 11.5 Å². The summed E-state index contributed by atoms with van der Waals surface area (Å²) in [6.45, 7) is 0.907. The van der Waals surface area contributed by atoms with Gasteiger partial charge >= 0.3 is 0 Å². The highest BCUT2D eigenvalue weighted by molar-refractivity contribution is 6.08. The normalized spacial score (nSPS) is 10.6. The van der Waals surface area contributed by atoms with Crippen molar-refractivity contribution in [2.24, 2.45) is 0 Å². The molecule has 0 fully saturated rings. The van der Waals surface area contributed by atoms with Crippen LogP contribution >= 0.6 is 0 Å². The predicted octanol–water partition coefficient (Wildman–Crippen LogP) is 5.83. The molecule has 2 aromatic heterocycles. The SMILES string of the molecule is COc1ccc(NC(=O)c2cn(Cc3ccccc3)nc2-c2ccccc2)cc1OCc1ccncc1. The van der Waals surface area contributed by atoms with E-state index in [-0.39, 0.29) is 5.91 Å². The fourth-order valence-electron chi connectivity index (χ4n) is 3.95. The molecule has 0 aliphatic carbocycles. The second-order valence-electron chi connectivity index (χ2n) is 8.40. The van der Waals surface area contributed by atoms with Gasteiger partial charge in [-0.15, -0.1) is 0 Å². The van der Waals surface area contributed by atoms with Crippen molar-refractivity contribution in [2.45, 2.75) is 13.2 Å². The number of aromatic nitrogens is 3. The molecule has 7 nitrogen and oxygen atoms in total. The summed E-state index contributed by atoms with van der Waals surface area (Å²) in [6.07, 6.45) is 5.22. The molecular formula is C30H26N4O3. The first-order valence-electron chi connectivity index (χ1n) is 11.9. The molecule has 3 aromatic carbocycles. The van der Waals surface area contributed by atoms with Gasteiger partial charge in [0, 0.05) is 35.9 Å². The van der Waals surface area contributed by atoms with Crippen molar-refractivity contribution in [3.63, 3.8) is 0 Å². The topological polar surface area (TPSA) is 78.3 Å². The van der Waals surface area contributed by atoms with Gasteiger partial charge in [0.25, 0.3) is 5.91 Å². The van der Waals surface area contributed by atoms with Crippen molar-refractivity contribution in [3.05, 3.63) is 126 Å². The van der Waals surface area contributed by atoms with Crippen molar-refractivity contribution in [1.29, 1.82) is 0 Å². The lowest BCUT2D eigenvalue weighted by atomic mass is 10.1. The number of pyridine rings is 1. The number of amides is 1. The van der Waals surface area contributed by atoms with Gasteiger partial charge in [0.2, 0.25) is 0 Å². The van der Waals surface area contributed by atoms with E-state index in [1.165, 1.54) is 0 Å². The number of carbonyl (C=O) groups is 1. The third kappa shape index (κ3) is 5.85. The predicted molar refractivity (Wildman–Crippen MR) is 143 cm³/mol. The number of anilines is 1. The minimum atomic E-state index is -0.261. The zero-order chi connectivity index (χ0) is 25.5. The summed E-state index contributed by atoms with van der Waals surface area (Å²) in [5.41, 5.74) is 4.64. The van der Waals surface area contributed by atoms with Crippen LogP contribution in [0.25, 0.3) is 11.3 Å². The summed E-state index contributed by atoms with van der Waals surface area (Å²) >= 11 is 0. The molecule has 37 heavy (non-hydrogen) atoms. The van der Waals surface area contributed by atoms with Gasteiger partial charge in [0.1, 0.15) is 12.3 Å². The molecule has 0 saturated heterocycles. The molecule has 7 heteroatoms. The summed E-state index contributed by atoms with van der Waals surface area (Å²) in [7, 11) is 1.58. The Hall–Kier alpha value is -4.91. The Morgan fingerprint density at radius 3 is 2.32 bits per heavy atom. The lowest BCUT2D eigenvalue weighted by molar-refractivity contribution is 0.102.